The van der Waals surface area contributed by atoms with Crippen LogP contribution in [0.25, 0.3) is 11.5 Å². The van der Waals surface area contributed by atoms with E-state index in [0.717, 1.165) is 16.3 Å². The van der Waals surface area contributed by atoms with E-state index < -0.39 is 0 Å². The van der Waals surface area contributed by atoms with Crippen LogP contribution in [0.5, 0.6) is 0 Å². The molecular formula is C20H22N4O3S. The average molecular weight is 398 g/mol. The van der Waals surface area contributed by atoms with Gasteiger partial charge in [0, 0.05) is 23.4 Å². The highest BCUT2D eigenvalue weighted by Crippen LogP contribution is 2.26. The van der Waals surface area contributed by atoms with E-state index >= 15 is 0 Å². The minimum Gasteiger partial charge on any atom is -0.377 e. The number of benzene rings is 1. The van der Waals surface area contributed by atoms with E-state index in [2.05, 4.69) is 29.0 Å². The van der Waals surface area contributed by atoms with Crippen LogP contribution >= 0.6 is 11.3 Å². The van der Waals surface area contributed by atoms with Crippen LogP contribution in [0.1, 0.15) is 42.3 Å². The second-order valence-electron chi connectivity index (χ2n) is 7.01. The lowest BCUT2D eigenvalue weighted by Crippen LogP contribution is -2.44. The van der Waals surface area contributed by atoms with Crippen molar-refractivity contribution in [1.82, 2.24) is 20.0 Å². The summed E-state index contributed by atoms with van der Waals surface area (Å²) in [5.41, 5.74) is 1.65. The van der Waals surface area contributed by atoms with Gasteiger partial charge in [-0.25, -0.2) is 4.98 Å². The molecular weight excluding hydrogens is 376 g/mol. The monoisotopic (exact) mass is 398 g/mol. The molecule has 3 heterocycles. The van der Waals surface area contributed by atoms with E-state index in [0.29, 0.717) is 37.4 Å². The summed E-state index contributed by atoms with van der Waals surface area (Å²) in [7, 11) is 0. The summed E-state index contributed by atoms with van der Waals surface area (Å²) < 4.78 is 11.0. The minimum atomic E-state index is -0.356. The maximum absolute atomic E-state index is 13.0. The zero-order valence-corrected chi connectivity index (χ0v) is 16.7. The molecule has 1 fully saturated rings. The fourth-order valence-corrected chi connectivity index (χ4v) is 3.94. The van der Waals surface area contributed by atoms with Crippen molar-refractivity contribution in [3.63, 3.8) is 0 Å². The van der Waals surface area contributed by atoms with Crippen molar-refractivity contribution in [3.05, 3.63) is 52.2 Å². The summed E-state index contributed by atoms with van der Waals surface area (Å²) in [5.74, 6) is 1.27. The Balaban J connectivity index is 1.51. The number of carbonyl (C=O) groups is 1. The number of carbonyl (C=O) groups excluding carboxylic acids is 1. The number of rotatable bonds is 5. The van der Waals surface area contributed by atoms with Gasteiger partial charge in [-0.15, -0.1) is 11.3 Å². The molecule has 1 aliphatic rings. The van der Waals surface area contributed by atoms with Crippen LogP contribution in [0.4, 0.5) is 0 Å². The second kappa shape index (κ2) is 8.20. The van der Waals surface area contributed by atoms with Gasteiger partial charge < -0.3 is 14.2 Å². The molecule has 0 bridgehead atoms. The Labute approximate surface area is 167 Å². The summed E-state index contributed by atoms with van der Waals surface area (Å²) in [6.45, 7) is 5.56. The first-order valence-corrected chi connectivity index (χ1v) is 10.2. The van der Waals surface area contributed by atoms with Gasteiger partial charge in [0.15, 0.2) is 5.82 Å². The van der Waals surface area contributed by atoms with Crippen molar-refractivity contribution >= 4 is 17.2 Å². The first-order valence-electron chi connectivity index (χ1n) is 9.32. The standard InChI is InChI=1S/C20H22N4O3S/c1-13(2)20-21-15(12-28-20)10-17(25)24-8-9-26-11-16(24)18-22-19(27-23-18)14-6-4-3-5-7-14/h3-7,12-13,16H,8-11H2,1-2H3/t16-/m0/s1. The summed E-state index contributed by atoms with van der Waals surface area (Å²) in [6, 6.07) is 9.22. The molecule has 8 heteroatoms. The molecule has 0 spiro atoms. The van der Waals surface area contributed by atoms with Gasteiger partial charge in [0.05, 0.1) is 30.3 Å². The van der Waals surface area contributed by atoms with E-state index in [1.807, 2.05) is 35.7 Å². The van der Waals surface area contributed by atoms with Crippen molar-refractivity contribution in [2.45, 2.75) is 32.2 Å². The quantitative estimate of drug-likeness (QED) is 0.655. The Morgan fingerprint density at radius 1 is 1.29 bits per heavy atom. The predicted molar refractivity (Wildman–Crippen MR) is 105 cm³/mol. The first-order chi connectivity index (χ1) is 13.6. The third-order valence-electron chi connectivity index (χ3n) is 4.61. The summed E-state index contributed by atoms with van der Waals surface area (Å²) >= 11 is 1.60. The largest absolute Gasteiger partial charge is 0.377 e. The third-order valence-corrected chi connectivity index (χ3v) is 5.80. The van der Waals surface area contributed by atoms with Gasteiger partial charge in [0.2, 0.25) is 5.91 Å². The van der Waals surface area contributed by atoms with Crippen molar-refractivity contribution in [1.29, 1.82) is 0 Å². The molecule has 4 rings (SSSR count). The third kappa shape index (κ3) is 3.98. The van der Waals surface area contributed by atoms with Gasteiger partial charge in [-0.05, 0) is 12.1 Å². The molecule has 1 atom stereocenters. The molecule has 2 aromatic heterocycles. The van der Waals surface area contributed by atoms with Crippen LogP contribution in [-0.4, -0.2) is 45.7 Å². The normalized spacial score (nSPS) is 17.2. The number of hydrogen-bond acceptors (Lipinski definition) is 7. The van der Waals surface area contributed by atoms with Gasteiger partial charge >= 0.3 is 0 Å². The molecule has 1 saturated heterocycles. The predicted octanol–water partition coefficient (Wildman–Crippen LogP) is 3.46. The van der Waals surface area contributed by atoms with Crippen molar-refractivity contribution in [2.75, 3.05) is 19.8 Å². The molecule has 0 saturated carbocycles. The van der Waals surface area contributed by atoms with E-state index in [9.17, 15) is 4.79 Å². The Morgan fingerprint density at radius 3 is 2.86 bits per heavy atom. The average Bonchev–Trinajstić information content (AvgIpc) is 3.38. The van der Waals surface area contributed by atoms with Crippen LogP contribution in [-0.2, 0) is 16.0 Å². The maximum atomic E-state index is 13.0. The molecule has 1 aromatic carbocycles. The van der Waals surface area contributed by atoms with E-state index in [1.54, 1.807) is 16.2 Å². The van der Waals surface area contributed by atoms with Gasteiger partial charge in [-0.2, -0.15) is 4.98 Å². The van der Waals surface area contributed by atoms with Gasteiger partial charge in [-0.1, -0.05) is 37.2 Å². The highest BCUT2D eigenvalue weighted by molar-refractivity contribution is 7.09. The van der Waals surface area contributed by atoms with Gasteiger partial charge in [0.25, 0.3) is 5.89 Å². The maximum Gasteiger partial charge on any atom is 0.257 e. The first kappa shape index (κ1) is 18.8. The molecule has 0 radical (unpaired) electrons. The zero-order chi connectivity index (χ0) is 19.5. The molecule has 0 aliphatic carbocycles. The molecule has 3 aromatic rings. The molecule has 0 N–H and O–H groups in total. The fourth-order valence-electron chi connectivity index (χ4n) is 3.11. The number of thiazole rings is 1. The summed E-state index contributed by atoms with van der Waals surface area (Å²) in [4.78, 5) is 23.8. The van der Waals surface area contributed by atoms with Crippen molar-refractivity contribution in [2.24, 2.45) is 0 Å². The number of hydrogen-bond donors (Lipinski definition) is 0. The SMILES string of the molecule is CC(C)c1nc(CC(=O)N2CCOC[C@H]2c2noc(-c3ccccc3)n2)cs1. The Hall–Kier alpha value is -2.58. The molecule has 1 aliphatic heterocycles. The number of morpholine rings is 1. The lowest BCUT2D eigenvalue weighted by molar-refractivity contribution is -0.139. The number of aromatic nitrogens is 3. The minimum absolute atomic E-state index is 0.0000303. The van der Waals surface area contributed by atoms with E-state index in [4.69, 9.17) is 9.26 Å². The van der Waals surface area contributed by atoms with E-state index in [1.165, 1.54) is 0 Å². The van der Waals surface area contributed by atoms with E-state index in [-0.39, 0.29) is 18.4 Å². The van der Waals surface area contributed by atoms with Crippen LogP contribution in [0, 0.1) is 0 Å². The van der Waals surface area contributed by atoms with Gasteiger partial charge in [0.1, 0.15) is 6.04 Å². The second-order valence-corrected chi connectivity index (χ2v) is 7.90. The highest BCUT2D eigenvalue weighted by Gasteiger charge is 2.32. The molecule has 146 valence electrons. The molecule has 1 amide bonds. The van der Waals surface area contributed by atoms with Crippen LogP contribution < -0.4 is 0 Å². The molecule has 28 heavy (non-hydrogen) atoms. The molecule has 0 unspecified atom stereocenters. The lowest BCUT2D eigenvalue weighted by atomic mass is 10.1. The number of nitrogens with zero attached hydrogens (tertiary/aromatic N) is 4. The van der Waals surface area contributed by atoms with Crippen LogP contribution in [0.2, 0.25) is 0 Å². The summed E-state index contributed by atoms with van der Waals surface area (Å²) in [6.07, 6.45) is 0.267. The number of amides is 1. The van der Waals surface area contributed by atoms with Crippen LogP contribution in [0.15, 0.2) is 40.2 Å². The van der Waals surface area contributed by atoms with Crippen molar-refractivity contribution in [3.8, 4) is 11.5 Å². The summed E-state index contributed by atoms with van der Waals surface area (Å²) in [5, 5.41) is 7.12. The Morgan fingerprint density at radius 2 is 2.11 bits per heavy atom. The lowest BCUT2D eigenvalue weighted by Gasteiger charge is -2.33. The Kier molecular flexibility index (Phi) is 5.50. The topological polar surface area (TPSA) is 81.4 Å². The number of ether oxygens (including phenoxy) is 1. The zero-order valence-electron chi connectivity index (χ0n) is 15.9. The smallest absolute Gasteiger partial charge is 0.257 e. The highest BCUT2D eigenvalue weighted by atomic mass is 32.1. The van der Waals surface area contributed by atoms with Crippen molar-refractivity contribution < 1.29 is 14.1 Å². The van der Waals surface area contributed by atoms with Crippen LogP contribution in [0.3, 0.4) is 0 Å². The fraction of sp³-hybridized carbons (Fsp3) is 0.400. The molecule has 7 nitrogen and oxygen atoms in total. The Bertz CT molecular complexity index is 938. The van der Waals surface area contributed by atoms with Gasteiger partial charge in [-0.3, -0.25) is 4.79 Å².